The normalized spacial score (nSPS) is 14.2. The quantitative estimate of drug-likeness (QED) is 0.805. The van der Waals surface area contributed by atoms with Gasteiger partial charge in [-0.3, -0.25) is 9.78 Å². The van der Waals surface area contributed by atoms with E-state index in [-0.39, 0.29) is 5.56 Å². The Balaban J connectivity index is 2.11. The molecule has 130 valence electrons. The fourth-order valence-corrected chi connectivity index (χ4v) is 2.16. The van der Waals surface area contributed by atoms with Crippen molar-refractivity contribution >= 4 is 5.91 Å². The number of aromatic nitrogens is 3. The molecule has 0 spiro atoms. The van der Waals surface area contributed by atoms with E-state index in [1.165, 1.54) is 19.4 Å². The van der Waals surface area contributed by atoms with E-state index in [1.54, 1.807) is 0 Å². The number of pyridine rings is 1. The Morgan fingerprint density at radius 1 is 1.38 bits per heavy atom. The van der Waals surface area contributed by atoms with Crippen LogP contribution in [-0.4, -0.2) is 38.3 Å². The number of hydrogen-bond donors (Lipinski definition) is 2. The van der Waals surface area contributed by atoms with Gasteiger partial charge in [0.1, 0.15) is 5.82 Å². The van der Waals surface area contributed by atoms with Gasteiger partial charge in [-0.1, -0.05) is 0 Å². The summed E-state index contributed by atoms with van der Waals surface area (Å²) in [5.74, 6) is -2.40. The average Bonchev–Trinajstić information content (AvgIpc) is 2.92. The van der Waals surface area contributed by atoms with Gasteiger partial charge in [-0.05, 0) is 6.07 Å². The molecule has 0 aromatic carbocycles. The number of imidazole rings is 1. The molecule has 0 saturated heterocycles. The smallest absolute Gasteiger partial charge is 0.374 e. The summed E-state index contributed by atoms with van der Waals surface area (Å²) in [5.41, 5.74) is -3.59. The van der Waals surface area contributed by atoms with Crippen LogP contribution in [0.25, 0.3) is 0 Å². The van der Waals surface area contributed by atoms with Crippen LogP contribution in [0.5, 0.6) is 0 Å². The number of amides is 1. The maximum Gasteiger partial charge on any atom is 0.424 e. The summed E-state index contributed by atoms with van der Waals surface area (Å²) in [7, 11) is 1.31. The second kappa shape index (κ2) is 6.56. The van der Waals surface area contributed by atoms with Gasteiger partial charge in [-0.2, -0.15) is 13.2 Å². The van der Waals surface area contributed by atoms with E-state index in [4.69, 9.17) is 0 Å². The highest BCUT2D eigenvalue weighted by molar-refractivity contribution is 5.94. The molecule has 0 aliphatic carbocycles. The van der Waals surface area contributed by atoms with Crippen LogP contribution < -0.4 is 5.32 Å². The van der Waals surface area contributed by atoms with Crippen molar-refractivity contribution in [2.24, 2.45) is 7.05 Å². The predicted molar refractivity (Wildman–Crippen MR) is 74.3 cm³/mol. The van der Waals surface area contributed by atoms with Gasteiger partial charge in [0.25, 0.3) is 5.91 Å². The molecule has 2 heterocycles. The van der Waals surface area contributed by atoms with Gasteiger partial charge < -0.3 is 15.0 Å². The summed E-state index contributed by atoms with van der Waals surface area (Å²) in [6.45, 7) is -0.538. The van der Waals surface area contributed by atoms with E-state index in [0.717, 1.165) is 23.0 Å². The molecule has 6 nitrogen and oxygen atoms in total. The van der Waals surface area contributed by atoms with Crippen LogP contribution in [-0.2, 0) is 12.6 Å². The summed E-state index contributed by atoms with van der Waals surface area (Å²) < 4.78 is 54.3. The van der Waals surface area contributed by atoms with Crippen molar-refractivity contribution in [1.82, 2.24) is 19.9 Å². The first-order valence-corrected chi connectivity index (χ1v) is 6.81. The molecule has 10 heteroatoms. The number of rotatable bonds is 5. The number of alkyl halides is 3. The third-order valence-corrected chi connectivity index (χ3v) is 3.45. The lowest BCUT2D eigenvalue weighted by atomic mass is 9.97. The van der Waals surface area contributed by atoms with Gasteiger partial charge in [-0.15, -0.1) is 0 Å². The van der Waals surface area contributed by atoms with Crippen LogP contribution in [0.4, 0.5) is 17.6 Å². The Labute approximate surface area is 134 Å². The molecule has 1 atom stereocenters. The van der Waals surface area contributed by atoms with Crippen molar-refractivity contribution in [2.45, 2.75) is 18.2 Å². The van der Waals surface area contributed by atoms with Gasteiger partial charge in [0.05, 0.1) is 11.8 Å². The van der Waals surface area contributed by atoms with Crippen molar-refractivity contribution in [3.63, 3.8) is 0 Å². The topological polar surface area (TPSA) is 80.0 Å². The van der Waals surface area contributed by atoms with Crippen LogP contribution in [0.15, 0.2) is 30.9 Å². The molecule has 0 bridgehead atoms. The average molecular weight is 346 g/mol. The lowest BCUT2D eigenvalue weighted by molar-refractivity contribution is -0.272. The van der Waals surface area contributed by atoms with Crippen molar-refractivity contribution in [3.8, 4) is 0 Å². The van der Waals surface area contributed by atoms with Crippen molar-refractivity contribution in [1.29, 1.82) is 0 Å². The summed E-state index contributed by atoms with van der Waals surface area (Å²) in [6, 6.07) is 1.10. The first kappa shape index (κ1) is 17.9. The molecular formula is C14H14F4N4O2. The molecule has 0 aliphatic heterocycles. The minimum absolute atomic E-state index is 0.349. The number of aliphatic hydroxyl groups is 1. The van der Waals surface area contributed by atoms with Crippen LogP contribution in [0, 0.1) is 5.82 Å². The fraction of sp³-hybridized carbons (Fsp3) is 0.357. The van der Waals surface area contributed by atoms with Gasteiger partial charge in [0.15, 0.2) is 5.82 Å². The molecule has 0 aliphatic rings. The molecular weight excluding hydrogens is 332 g/mol. The molecule has 2 N–H and O–H groups in total. The molecule has 24 heavy (non-hydrogen) atoms. The number of carbonyl (C=O) groups is 1. The second-order valence-electron chi connectivity index (χ2n) is 5.08. The SMILES string of the molecule is Cn1ccnc1C(O)(CCNC(=O)c1ccncc1F)C(F)(F)F. The number of hydrogen-bond acceptors (Lipinski definition) is 4. The third-order valence-electron chi connectivity index (χ3n) is 3.45. The maximum atomic E-state index is 13.4. The molecule has 0 fully saturated rings. The first-order valence-electron chi connectivity index (χ1n) is 6.81. The third kappa shape index (κ3) is 3.37. The second-order valence-corrected chi connectivity index (χ2v) is 5.08. The monoisotopic (exact) mass is 346 g/mol. The molecule has 2 aromatic heterocycles. The highest BCUT2D eigenvalue weighted by Crippen LogP contribution is 2.40. The largest absolute Gasteiger partial charge is 0.424 e. The van der Waals surface area contributed by atoms with Crippen LogP contribution in [0.1, 0.15) is 22.6 Å². The molecule has 0 radical (unpaired) electrons. The van der Waals surface area contributed by atoms with Crippen molar-refractivity contribution < 1.29 is 27.5 Å². The number of halogens is 4. The van der Waals surface area contributed by atoms with E-state index in [0.29, 0.717) is 0 Å². The van der Waals surface area contributed by atoms with Crippen molar-refractivity contribution in [3.05, 3.63) is 48.1 Å². The highest BCUT2D eigenvalue weighted by Gasteiger charge is 2.57. The zero-order valence-corrected chi connectivity index (χ0v) is 12.5. The summed E-state index contributed by atoms with van der Waals surface area (Å²) >= 11 is 0. The Morgan fingerprint density at radius 2 is 2.08 bits per heavy atom. The molecule has 2 aromatic rings. The first-order chi connectivity index (χ1) is 11.2. The summed E-state index contributed by atoms with van der Waals surface area (Å²) in [5, 5.41) is 12.2. The van der Waals surface area contributed by atoms with Crippen LogP contribution in [0.3, 0.4) is 0 Å². The van der Waals surface area contributed by atoms with E-state index >= 15 is 0 Å². The van der Waals surface area contributed by atoms with E-state index in [2.05, 4.69) is 15.3 Å². The zero-order chi connectivity index (χ0) is 18.0. The summed E-state index contributed by atoms with van der Waals surface area (Å²) in [6.07, 6.45) is -1.50. The van der Waals surface area contributed by atoms with E-state index in [9.17, 15) is 27.5 Å². The Morgan fingerprint density at radius 3 is 2.62 bits per heavy atom. The van der Waals surface area contributed by atoms with Gasteiger partial charge in [0, 0.05) is 38.6 Å². The number of carbonyl (C=O) groups excluding carboxylic acids is 1. The van der Waals surface area contributed by atoms with Gasteiger partial charge in [-0.25, -0.2) is 9.37 Å². The molecule has 1 amide bonds. The van der Waals surface area contributed by atoms with Crippen LogP contribution >= 0.6 is 0 Å². The Kier molecular flexibility index (Phi) is 4.88. The Bertz CT molecular complexity index is 732. The van der Waals surface area contributed by atoms with Gasteiger partial charge in [0.2, 0.25) is 5.60 Å². The Hall–Kier alpha value is -2.49. The molecule has 2 rings (SSSR count). The van der Waals surface area contributed by atoms with E-state index < -0.39 is 42.3 Å². The number of aryl methyl sites for hydroxylation is 1. The van der Waals surface area contributed by atoms with Crippen molar-refractivity contribution in [2.75, 3.05) is 6.54 Å². The van der Waals surface area contributed by atoms with Gasteiger partial charge >= 0.3 is 6.18 Å². The lowest BCUT2D eigenvalue weighted by Gasteiger charge is -2.29. The van der Waals surface area contributed by atoms with Crippen LogP contribution in [0.2, 0.25) is 0 Å². The van der Waals surface area contributed by atoms with E-state index in [1.807, 2.05) is 0 Å². The number of nitrogens with zero attached hydrogens (tertiary/aromatic N) is 3. The highest BCUT2D eigenvalue weighted by atomic mass is 19.4. The predicted octanol–water partition coefficient (Wildman–Crippen LogP) is 1.52. The number of nitrogens with one attached hydrogen (secondary N) is 1. The maximum absolute atomic E-state index is 13.4. The molecule has 1 unspecified atom stereocenters. The lowest BCUT2D eigenvalue weighted by Crippen LogP contribution is -2.46. The zero-order valence-electron chi connectivity index (χ0n) is 12.5. The standard InChI is InChI=1S/C14H14F4N4O2/c1-22-7-6-21-12(22)13(24,14(16,17)18)3-5-20-11(23)9-2-4-19-8-10(9)15/h2,4,6-8,24H,3,5H2,1H3,(H,20,23). The molecule has 0 saturated carbocycles. The minimum Gasteiger partial charge on any atom is -0.374 e. The summed E-state index contributed by atoms with van der Waals surface area (Å²) in [4.78, 5) is 18.8. The fourth-order valence-electron chi connectivity index (χ4n) is 2.16. The minimum atomic E-state index is -5.00.